The number of piperidine rings is 1. The maximum Gasteiger partial charge on any atom is 0.416 e. The smallest absolute Gasteiger partial charge is 0.396 e. The lowest BCUT2D eigenvalue weighted by molar-refractivity contribution is -0.137. The van der Waals surface area contributed by atoms with Crippen LogP contribution >= 0.6 is 0 Å². The Bertz CT molecular complexity index is 1230. The molecule has 0 unspecified atom stereocenters. The molecule has 40 heavy (non-hydrogen) atoms. The van der Waals surface area contributed by atoms with Gasteiger partial charge in [0.1, 0.15) is 5.82 Å². The fourth-order valence-corrected chi connectivity index (χ4v) is 6.08. The van der Waals surface area contributed by atoms with Crippen LogP contribution in [0.4, 0.5) is 24.7 Å². The van der Waals surface area contributed by atoms with Crippen LogP contribution in [0, 0.1) is 0 Å². The number of halogens is 3. The van der Waals surface area contributed by atoms with Gasteiger partial charge in [-0.2, -0.15) is 13.2 Å². The van der Waals surface area contributed by atoms with E-state index in [0.717, 1.165) is 74.2 Å². The molecule has 3 aromatic rings. The summed E-state index contributed by atoms with van der Waals surface area (Å²) in [5.41, 5.74) is 3.71. The lowest BCUT2D eigenvalue weighted by Gasteiger charge is -2.40. The molecule has 1 aliphatic heterocycles. The largest absolute Gasteiger partial charge is 0.416 e. The Morgan fingerprint density at radius 2 is 1.68 bits per heavy atom. The molecule has 5 rings (SSSR count). The van der Waals surface area contributed by atoms with Gasteiger partial charge in [-0.3, -0.25) is 0 Å². The van der Waals surface area contributed by atoms with E-state index in [2.05, 4.69) is 50.8 Å². The summed E-state index contributed by atoms with van der Waals surface area (Å²) in [6.07, 6.45) is 5.71. The van der Waals surface area contributed by atoms with E-state index >= 15 is 0 Å². The minimum atomic E-state index is -4.31. The van der Waals surface area contributed by atoms with Crippen molar-refractivity contribution in [1.82, 2.24) is 10.3 Å². The summed E-state index contributed by atoms with van der Waals surface area (Å²) in [5.74, 6) is 0.868. The third kappa shape index (κ3) is 7.34. The maximum atomic E-state index is 13.0. The Labute approximate surface area is 234 Å². The number of benzene rings is 2. The van der Waals surface area contributed by atoms with Crippen molar-refractivity contribution in [3.05, 3.63) is 78.0 Å². The topological polar surface area (TPSA) is 60.4 Å². The van der Waals surface area contributed by atoms with Crippen LogP contribution in [0.2, 0.25) is 0 Å². The van der Waals surface area contributed by atoms with Crippen molar-refractivity contribution in [2.24, 2.45) is 0 Å². The highest BCUT2D eigenvalue weighted by atomic mass is 19.4. The van der Waals surface area contributed by atoms with Crippen LogP contribution in [0.25, 0.3) is 11.1 Å². The molecule has 0 bridgehead atoms. The maximum absolute atomic E-state index is 13.0. The van der Waals surface area contributed by atoms with E-state index < -0.39 is 11.7 Å². The van der Waals surface area contributed by atoms with Crippen molar-refractivity contribution in [2.75, 3.05) is 29.9 Å². The minimum absolute atomic E-state index is 0.193. The van der Waals surface area contributed by atoms with E-state index in [1.165, 1.54) is 30.5 Å². The first-order valence-corrected chi connectivity index (χ1v) is 14.5. The molecule has 2 heterocycles. The number of nitrogens with one attached hydrogen (secondary N) is 2. The molecule has 214 valence electrons. The molecule has 8 heteroatoms. The van der Waals surface area contributed by atoms with E-state index in [4.69, 9.17) is 0 Å². The summed E-state index contributed by atoms with van der Waals surface area (Å²) in [4.78, 5) is 6.83. The van der Waals surface area contributed by atoms with Crippen molar-refractivity contribution in [1.29, 1.82) is 0 Å². The van der Waals surface area contributed by atoms with E-state index in [9.17, 15) is 18.3 Å². The van der Waals surface area contributed by atoms with Crippen molar-refractivity contribution < 1.29 is 18.3 Å². The molecule has 2 aliphatic rings. The number of rotatable bonds is 9. The summed E-state index contributed by atoms with van der Waals surface area (Å²) in [7, 11) is 0. The number of anilines is 2. The molecule has 5 nitrogen and oxygen atoms in total. The van der Waals surface area contributed by atoms with E-state index in [0.29, 0.717) is 6.04 Å². The van der Waals surface area contributed by atoms with Crippen LogP contribution < -0.4 is 15.5 Å². The van der Waals surface area contributed by atoms with Crippen LogP contribution in [0.3, 0.4) is 0 Å². The van der Waals surface area contributed by atoms with Gasteiger partial charge in [-0.15, -0.1) is 0 Å². The zero-order chi connectivity index (χ0) is 28.0. The normalized spacial score (nSPS) is 21.8. The van der Waals surface area contributed by atoms with Gasteiger partial charge >= 0.3 is 6.18 Å². The molecule has 1 saturated heterocycles. The van der Waals surface area contributed by atoms with Crippen LogP contribution in [-0.4, -0.2) is 47.9 Å². The predicted octanol–water partition coefficient (Wildman–Crippen LogP) is 6.67. The van der Waals surface area contributed by atoms with Gasteiger partial charge < -0.3 is 20.6 Å². The number of aliphatic hydroxyl groups is 1. The summed E-state index contributed by atoms with van der Waals surface area (Å²) in [6.45, 7) is 1.83. The minimum Gasteiger partial charge on any atom is -0.396 e. The Kier molecular flexibility index (Phi) is 9.27. The van der Waals surface area contributed by atoms with Gasteiger partial charge in [0, 0.05) is 49.7 Å². The molecule has 2 fully saturated rings. The first kappa shape index (κ1) is 28.4. The summed E-state index contributed by atoms with van der Waals surface area (Å²) in [6, 6.07) is 19.0. The number of nitrogens with zero attached hydrogens (tertiary/aromatic N) is 2. The van der Waals surface area contributed by atoms with Gasteiger partial charge in [-0.25, -0.2) is 4.98 Å². The van der Waals surface area contributed by atoms with Crippen LogP contribution in [0.1, 0.15) is 56.1 Å². The highest BCUT2D eigenvalue weighted by Gasteiger charge is 2.32. The highest BCUT2D eigenvalue weighted by Crippen LogP contribution is 2.32. The number of aliphatic hydroxyl groups excluding tert-OH is 1. The van der Waals surface area contributed by atoms with Crippen molar-refractivity contribution in [3.8, 4) is 11.1 Å². The van der Waals surface area contributed by atoms with E-state index in [-0.39, 0.29) is 18.7 Å². The SMILES string of the molecule is OCCCc1cccc(-c2ccnc(N[C@@H]3CCCC[C@H]3N[C@H]3CCCN(c4ccc(C(F)(F)F)cc4)C3)c2)c1. The van der Waals surface area contributed by atoms with Gasteiger partial charge in [-0.05, 0) is 91.6 Å². The molecule has 1 aliphatic carbocycles. The lowest BCUT2D eigenvalue weighted by atomic mass is 9.89. The van der Waals surface area contributed by atoms with Gasteiger partial charge in [0.05, 0.1) is 5.56 Å². The monoisotopic (exact) mass is 552 g/mol. The molecule has 2 aromatic carbocycles. The second kappa shape index (κ2) is 13.0. The average Bonchev–Trinajstić information content (AvgIpc) is 2.97. The summed E-state index contributed by atoms with van der Waals surface area (Å²) in [5, 5.41) is 16.8. The van der Waals surface area contributed by atoms with E-state index in [1.54, 1.807) is 12.1 Å². The van der Waals surface area contributed by atoms with Crippen LogP contribution in [0.5, 0.6) is 0 Å². The molecular formula is C32H39F3N4O. The Hall–Kier alpha value is -3.10. The molecular weight excluding hydrogens is 513 g/mol. The zero-order valence-corrected chi connectivity index (χ0v) is 22.8. The number of aromatic nitrogens is 1. The molecule has 3 atom stereocenters. The molecule has 1 aromatic heterocycles. The number of aryl methyl sites for hydroxylation is 1. The van der Waals surface area contributed by atoms with Crippen molar-refractivity contribution in [2.45, 2.75) is 75.7 Å². The molecule has 0 amide bonds. The Balaban J connectivity index is 1.22. The van der Waals surface area contributed by atoms with Crippen LogP contribution in [0.15, 0.2) is 66.9 Å². The standard InChI is InChI=1S/C32H39F3N4O/c33-32(34,35)26-12-14-28(15-13-26)39-18-4-9-27(22-39)37-29-10-1-2-11-30(29)38-31-21-25(16-17-36-31)24-8-3-6-23(20-24)7-5-19-40/h3,6,8,12-17,20-21,27,29-30,37,40H,1-2,4-5,7,9-11,18-19,22H2,(H,36,38)/t27-,29+,30+/m0/s1. The van der Waals surface area contributed by atoms with Gasteiger partial charge in [0.25, 0.3) is 0 Å². The third-order valence-electron chi connectivity index (χ3n) is 8.17. The number of hydrogen-bond acceptors (Lipinski definition) is 5. The third-order valence-corrected chi connectivity index (χ3v) is 8.17. The summed E-state index contributed by atoms with van der Waals surface area (Å²) >= 11 is 0. The average molecular weight is 553 g/mol. The Morgan fingerprint density at radius 3 is 2.45 bits per heavy atom. The molecule has 1 saturated carbocycles. The number of pyridine rings is 1. The molecule has 0 radical (unpaired) electrons. The van der Waals surface area contributed by atoms with Gasteiger partial charge in [0.2, 0.25) is 0 Å². The van der Waals surface area contributed by atoms with Gasteiger partial charge in [-0.1, -0.05) is 37.1 Å². The van der Waals surface area contributed by atoms with Gasteiger partial charge in [0.15, 0.2) is 0 Å². The van der Waals surface area contributed by atoms with E-state index in [1.807, 2.05) is 12.3 Å². The molecule has 3 N–H and O–H groups in total. The van der Waals surface area contributed by atoms with Crippen molar-refractivity contribution >= 4 is 11.5 Å². The number of hydrogen-bond donors (Lipinski definition) is 3. The zero-order valence-electron chi connectivity index (χ0n) is 22.8. The summed E-state index contributed by atoms with van der Waals surface area (Å²) < 4.78 is 39.0. The first-order chi connectivity index (χ1) is 19.4. The van der Waals surface area contributed by atoms with Crippen LogP contribution in [-0.2, 0) is 12.6 Å². The highest BCUT2D eigenvalue weighted by molar-refractivity contribution is 5.67. The molecule has 0 spiro atoms. The fourth-order valence-electron chi connectivity index (χ4n) is 6.08. The second-order valence-corrected chi connectivity index (χ2v) is 11.1. The number of alkyl halides is 3. The predicted molar refractivity (Wildman–Crippen MR) is 155 cm³/mol. The quantitative estimate of drug-likeness (QED) is 0.277. The lowest BCUT2D eigenvalue weighted by Crippen LogP contribution is -2.55. The first-order valence-electron chi connectivity index (χ1n) is 14.5. The second-order valence-electron chi connectivity index (χ2n) is 11.1. The van der Waals surface area contributed by atoms with Crippen molar-refractivity contribution in [3.63, 3.8) is 0 Å². The Morgan fingerprint density at radius 1 is 0.900 bits per heavy atom. The fraction of sp³-hybridized carbons (Fsp3) is 0.469.